The van der Waals surface area contributed by atoms with Gasteiger partial charge in [-0.05, 0) is 38.8 Å². The van der Waals surface area contributed by atoms with Gasteiger partial charge in [-0.1, -0.05) is 30.3 Å². The van der Waals surface area contributed by atoms with Crippen LogP contribution >= 0.6 is 0 Å². The van der Waals surface area contributed by atoms with Gasteiger partial charge in [-0.15, -0.1) is 0 Å². The number of ether oxygens (including phenoxy) is 2. The lowest BCUT2D eigenvalue weighted by Crippen LogP contribution is -2.50. The maximum Gasteiger partial charge on any atom is 0.0924 e. The van der Waals surface area contributed by atoms with Crippen LogP contribution in [0.5, 0.6) is 0 Å². The molecule has 0 aliphatic carbocycles. The smallest absolute Gasteiger partial charge is 0.0924 e. The Morgan fingerprint density at radius 2 is 2.00 bits per heavy atom. The summed E-state index contributed by atoms with van der Waals surface area (Å²) in [4.78, 5) is 2.45. The standard InChI is InChI=1S/C20H27N3O2/c1-23(18-7-10-25-20(14-18)8-11-24-12-9-20)15-17-13-19(22-21-17)16-5-3-2-4-6-16/h2-6,13,18H,7-12,14-15H2,1H3,(H,21,22)/t18-/m0/s1. The molecule has 2 aliphatic rings. The van der Waals surface area contributed by atoms with Gasteiger partial charge in [0, 0.05) is 43.7 Å². The predicted octanol–water partition coefficient (Wildman–Crippen LogP) is 3.24. The molecular formula is C20H27N3O2. The number of benzene rings is 1. The van der Waals surface area contributed by atoms with Crippen molar-refractivity contribution in [3.05, 3.63) is 42.1 Å². The molecule has 1 N–H and O–H groups in total. The molecule has 1 aromatic carbocycles. The summed E-state index contributed by atoms with van der Waals surface area (Å²) in [6.45, 7) is 3.40. The Hall–Kier alpha value is -1.69. The van der Waals surface area contributed by atoms with E-state index in [2.05, 4.69) is 40.3 Å². The van der Waals surface area contributed by atoms with Gasteiger partial charge >= 0.3 is 0 Å². The lowest BCUT2D eigenvalue weighted by molar-refractivity contribution is -0.150. The van der Waals surface area contributed by atoms with Crippen LogP contribution in [0.1, 0.15) is 31.4 Å². The van der Waals surface area contributed by atoms with Crippen LogP contribution in [0.15, 0.2) is 36.4 Å². The van der Waals surface area contributed by atoms with E-state index in [1.54, 1.807) is 0 Å². The van der Waals surface area contributed by atoms with Gasteiger partial charge in [0.25, 0.3) is 0 Å². The van der Waals surface area contributed by atoms with E-state index in [-0.39, 0.29) is 5.60 Å². The first-order valence-electron chi connectivity index (χ1n) is 9.26. The fourth-order valence-electron chi connectivity index (χ4n) is 4.07. The van der Waals surface area contributed by atoms with Crippen LogP contribution in [0.25, 0.3) is 11.3 Å². The Morgan fingerprint density at radius 1 is 1.20 bits per heavy atom. The van der Waals surface area contributed by atoms with Gasteiger partial charge in [-0.3, -0.25) is 10.00 Å². The van der Waals surface area contributed by atoms with Crippen molar-refractivity contribution in [3.8, 4) is 11.3 Å². The minimum Gasteiger partial charge on any atom is -0.381 e. The number of aromatic amines is 1. The second-order valence-electron chi connectivity index (χ2n) is 7.35. The minimum atomic E-state index is 0.0403. The molecule has 1 aromatic heterocycles. The van der Waals surface area contributed by atoms with Crippen LogP contribution in [0.3, 0.4) is 0 Å². The van der Waals surface area contributed by atoms with Gasteiger partial charge < -0.3 is 9.47 Å². The topological polar surface area (TPSA) is 50.4 Å². The molecule has 2 saturated heterocycles. The second kappa shape index (κ2) is 7.28. The minimum absolute atomic E-state index is 0.0403. The molecule has 0 unspecified atom stereocenters. The number of rotatable bonds is 4. The van der Waals surface area contributed by atoms with E-state index in [0.717, 1.165) is 69.0 Å². The lowest BCUT2D eigenvalue weighted by Gasteiger charge is -2.45. The van der Waals surface area contributed by atoms with Crippen molar-refractivity contribution in [2.75, 3.05) is 26.9 Å². The molecule has 0 bridgehead atoms. The van der Waals surface area contributed by atoms with Gasteiger partial charge in [0.2, 0.25) is 0 Å². The summed E-state index contributed by atoms with van der Waals surface area (Å²) in [6.07, 6.45) is 4.25. The van der Waals surface area contributed by atoms with Crippen LogP contribution in [0.4, 0.5) is 0 Å². The molecule has 0 radical (unpaired) electrons. The SMILES string of the molecule is CN(Cc1cc(-c2ccccc2)n[nH]1)[C@H]1CCOC2(CCOCC2)C1. The van der Waals surface area contributed by atoms with Gasteiger partial charge in [0.05, 0.1) is 11.3 Å². The first-order chi connectivity index (χ1) is 12.2. The van der Waals surface area contributed by atoms with E-state index in [4.69, 9.17) is 9.47 Å². The number of H-pyrrole nitrogens is 1. The predicted molar refractivity (Wildman–Crippen MR) is 97.2 cm³/mol. The van der Waals surface area contributed by atoms with Crippen LogP contribution in [0, 0.1) is 0 Å². The van der Waals surface area contributed by atoms with E-state index in [0.29, 0.717) is 6.04 Å². The number of aromatic nitrogens is 2. The quantitative estimate of drug-likeness (QED) is 0.927. The number of hydrogen-bond acceptors (Lipinski definition) is 4. The van der Waals surface area contributed by atoms with Crippen LogP contribution < -0.4 is 0 Å². The highest BCUT2D eigenvalue weighted by molar-refractivity contribution is 5.58. The summed E-state index contributed by atoms with van der Waals surface area (Å²) in [7, 11) is 2.21. The van der Waals surface area contributed by atoms with Crippen molar-refractivity contribution in [1.82, 2.24) is 15.1 Å². The fourth-order valence-corrected chi connectivity index (χ4v) is 4.07. The normalized spacial score (nSPS) is 23.2. The Balaban J connectivity index is 1.40. The third-order valence-corrected chi connectivity index (χ3v) is 5.61. The van der Waals surface area contributed by atoms with Crippen molar-refractivity contribution in [1.29, 1.82) is 0 Å². The van der Waals surface area contributed by atoms with E-state index < -0.39 is 0 Å². The Kier molecular flexibility index (Phi) is 4.88. The summed E-state index contributed by atoms with van der Waals surface area (Å²) in [5.74, 6) is 0. The number of hydrogen-bond donors (Lipinski definition) is 1. The maximum atomic E-state index is 6.17. The molecule has 2 aromatic rings. The zero-order chi connectivity index (χ0) is 17.1. The van der Waals surface area contributed by atoms with E-state index in [9.17, 15) is 0 Å². The van der Waals surface area contributed by atoms with Crippen LogP contribution in [-0.2, 0) is 16.0 Å². The second-order valence-corrected chi connectivity index (χ2v) is 7.35. The molecule has 2 aliphatic heterocycles. The van der Waals surface area contributed by atoms with E-state index in [1.807, 2.05) is 18.2 Å². The molecule has 25 heavy (non-hydrogen) atoms. The van der Waals surface area contributed by atoms with Crippen molar-refractivity contribution in [3.63, 3.8) is 0 Å². The lowest BCUT2D eigenvalue weighted by atomic mass is 9.83. The van der Waals surface area contributed by atoms with Crippen molar-refractivity contribution < 1.29 is 9.47 Å². The molecule has 5 nitrogen and oxygen atoms in total. The third-order valence-electron chi connectivity index (χ3n) is 5.61. The van der Waals surface area contributed by atoms with Crippen molar-refractivity contribution in [2.45, 2.75) is 43.9 Å². The Bertz CT molecular complexity index is 674. The van der Waals surface area contributed by atoms with Gasteiger partial charge in [-0.2, -0.15) is 5.10 Å². The summed E-state index contributed by atoms with van der Waals surface area (Å²) < 4.78 is 11.7. The molecule has 0 saturated carbocycles. The molecule has 1 atom stereocenters. The molecule has 4 rings (SSSR count). The first-order valence-corrected chi connectivity index (χ1v) is 9.26. The van der Waals surface area contributed by atoms with Crippen LogP contribution in [0.2, 0.25) is 0 Å². The van der Waals surface area contributed by atoms with Gasteiger partial charge in [-0.25, -0.2) is 0 Å². The maximum absolute atomic E-state index is 6.17. The van der Waals surface area contributed by atoms with Gasteiger partial charge in [0.1, 0.15) is 0 Å². The summed E-state index contributed by atoms with van der Waals surface area (Å²) in [5.41, 5.74) is 3.36. The summed E-state index contributed by atoms with van der Waals surface area (Å²) in [6, 6.07) is 13.0. The zero-order valence-corrected chi connectivity index (χ0v) is 14.9. The highest BCUT2D eigenvalue weighted by Crippen LogP contribution is 2.36. The highest BCUT2D eigenvalue weighted by atomic mass is 16.5. The average Bonchev–Trinajstić information content (AvgIpc) is 3.12. The summed E-state index contributed by atoms with van der Waals surface area (Å²) in [5, 5.41) is 7.68. The number of nitrogens with zero attached hydrogens (tertiary/aromatic N) is 2. The molecule has 134 valence electrons. The average molecular weight is 341 g/mol. The Morgan fingerprint density at radius 3 is 2.80 bits per heavy atom. The third kappa shape index (κ3) is 3.78. The highest BCUT2D eigenvalue weighted by Gasteiger charge is 2.40. The molecule has 2 fully saturated rings. The van der Waals surface area contributed by atoms with Crippen molar-refractivity contribution in [2.24, 2.45) is 0 Å². The molecule has 3 heterocycles. The molecule has 1 spiro atoms. The fraction of sp³-hybridized carbons (Fsp3) is 0.550. The Labute approximate surface area is 149 Å². The van der Waals surface area contributed by atoms with Gasteiger partial charge in [0.15, 0.2) is 0 Å². The summed E-state index contributed by atoms with van der Waals surface area (Å²) >= 11 is 0. The molecule has 5 heteroatoms. The largest absolute Gasteiger partial charge is 0.381 e. The molecular weight excluding hydrogens is 314 g/mol. The van der Waals surface area contributed by atoms with Crippen LogP contribution in [-0.4, -0.2) is 53.6 Å². The first kappa shape index (κ1) is 16.8. The monoisotopic (exact) mass is 341 g/mol. The number of nitrogens with one attached hydrogen (secondary N) is 1. The van der Waals surface area contributed by atoms with Crippen molar-refractivity contribution >= 4 is 0 Å². The van der Waals surface area contributed by atoms with E-state index in [1.165, 1.54) is 0 Å². The van der Waals surface area contributed by atoms with E-state index >= 15 is 0 Å². The molecule has 0 amide bonds. The zero-order valence-electron chi connectivity index (χ0n) is 14.9.